The van der Waals surface area contributed by atoms with E-state index in [2.05, 4.69) is 207 Å². The molecule has 0 bridgehead atoms. The Morgan fingerprint density at radius 3 is 1.78 bits per heavy atom. The summed E-state index contributed by atoms with van der Waals surface area (Å²) in [5.74, 6) is 2.33. The van der Waals surface area contributed by atoms with E-state index in [-0.39, 0.29) is 0 Å². The monoisotopic (exact) mass is 747 g/mol. The first-order chi connectivity index (χ1) is 28.8. The Morgan fingerprint density at radius 2 is 1.03 bits per heavy atom. The number of para-hydroxylation sites is 5. The molecule has 2 aromatic heterocycles. The van der Waals surface area contributed by atoms with Crippen molar-refractivity contribution in [2.24, 2.45) is 0 Å². The number of fused-ring (bicyclic) bond motifs is 4. The highest BCUT2D eigenvalue weighted by atomic mass is 16.5. The molecule has 0 saturated carbocycles. The molecule has 0 fully saturated rings. The van der Waals surface area contributed by atoms with Crippen molar-refractivity contribution in [2.75, 3.05) is 16.5 Å². The average molecular weight is 748 g/mol. The summed E-state index contributed by atoms with van der Waals surface area (Å²) in [6.45, 7) is 0.632. The van der Waals surface area contributed by atoms with Gasteiger partial charge >= 0.3 is 0 Å². The second-order valence-corrected chi connectivity index (χ2v) is 14.5. The molecule has 0 saturated heterocycles. The van der Waals surface area contributed by atoms with E-state index >= 15 is 0 Å². The molecule has 0 aliphatic carbocycles. The van der Waals surface area contributed by atoms with Crippen LogP contribution in [0.3, 0.4) is 0 Å². The average Bonchev–Trinajstić information content (AvgIpc) is 4.01. The number of benzene rings is 8. The van der Waals surface area contributed by atoms with Crippen LogP contribution in [0.15, 0.2) is 213 Å². The summed E-state index contributed by atoms with van der Waals surface area (Å²) in [7, 11) is 0. The van der Waals surface area contributed by atoms with Gasteiger partial charge in [-0.2, -0.15) is 0 Å². The summed E-state index contributed by atoms with van der Waals surface area (Å²) in [5.41, 5.74) is 12.4. The van der Waals surface area contributed by atoms with Gasteiger partial charge in [-0.1, -0.05) is 133 Å². The first-order valence-corrected chi connectivity index (χ1v) is 19.6. The maximum absolute atomic E-state index is 6.74. The topological polar surface area (TPSA) is 38.5 Å². The van der Waals surface area contributed by atoms with Crippen molar-refractivity contribution in [1.82, 2.24) is 14.1 Å². The van der Waals surface area contributed by atoms with Crippen molar-refractivity contribution in [2.45, 2.75) is 0 Å². The van der Waals surface area contributed by atoms with Crippen molar-refractivity contribution < 1.29 is 4.74 Å². The first kappa shape index (κ1) is 33.5. The Bertz CT molecular complexity index is 3020. The van der Waals surface area contributed by atoms with E-state index in [0.717, 1.165) is 62.0 Å². The molecule has 0 unspecified atom stereocenters. The molecule has 6 nitrogen and oxygen atoms in total. The first-order valence-electron chi connectivity index (χ1n) is 19.6. The van der Waals surface area contributed by atoms with Gasteiger partial charge in [-0.25, -0.2) is 4.98 Å². The van der Waals surface area contributed by atoms with Gasteiger partial charge in [0.1, 0.15) is 18.2 Å². The van der Waals surface area contributed by atoms with Gasteiger partial charge < -0.3 is 14.5 Å². The predicted molar refractivity (Wildman–Crippen MR) is 237 cm³/mol. The zero-order chi connectivity index (χ0) is 38.4. The molecule has 0 amide bonds. The van der Waals surface area contributed by atoms with Crippen LogP contribution in [-0.4, -0.2) is 20.8 Å². The van der Waals surface area contributed by atoms with Gasteiger partial charge in [0.2, 0.25) is 5.95 Å². The van der Waals surface area contributed by atoms with Crippen LogP contribution in [0, 0.1) is 0 Å². The number of hydrogen-bond donors (Lipinski definition) is 0. The molecule has 0 spiro atoms. The standard InChI is InChI=1S/C52H37N5O/c1-4-16-37(17-5-1)43-25-15-26-44(38-18-6-2-7-19-38)51(43)56-36-55(48-28-12-13-29-49(48)56)40-22-14-23-41(34-40)58-42-30-31-46-45-24-10-11-27-47(45)57(50(46)35-42)52-53-32-33-54(52)39-20-8-3-9-21-39/h1-35H,36H2. The van der Waals surface area contributed by atoms with Crippen LogP contribution in [0.4, 0.5) is 22.7 Å². The second-order valence-electron chi connectivity index (χ2n) is 14.5. The molecule has 0 radical (unpaired) electrons. The maximum Gasteiger partial charge on any atom is 0.219 e. The van der Waals surface area contributed by atoms with E-state index in [0.29, 0.717) is 6.67 Å². The molecular formula is C52H37N5O. The van der Waals surface area contributed by atoms with Gasteiger partial charge in [-0.3, -0.25) is 9.13 Å². The van der Waals surface area contributed by atoms with Crippen molar-refractivity contribution in [3.05, 3.63) is 213 Å². The predicted octanol–water partition coefficient (Wildman–Crippen LogP) is 13.3. The van der Waals surface area contributed by atoms with E-state index in [9.17, 15) is 0 Å². The van der Waals surface area contributed by atoms with Crippen molar-refractivity contribution in [1.29, 1.82) is 0 Å². The summed E-state index contributed by atoms with van der Waals surface area (Å²) in [4.78, 5) is 9.71. The quantitative estimate of drug-likeness (QED) is 0.155. The third-order valence-electron chi connectivity index (χ3n) is 11.1. The molecule has 6 heteroatoms. The third-order valence-corrected chi connectivity index (χ3v) is 11.1. The van der Waals surface area contributed by atoms with Gasteiger partial charge in [-0.15, -0.1) is 0 Å². The molecule has 8 aromatic carbocycles. The largest absolute Gasteiger partial charge is 0.457 e. The van der Waals surface area contributed by atoms with Crippen LogP contribution >= 0.6 is 0 Å². The maximum atomic E-state index is 6.74. The van der Waals surface area contributed by atoms with E-state index < -0.39 is 0 Å². The fourth-order valence-corrected chi connectivity index (χ4v) is 8.49. The van der Waals surface area contributed by atoms with Crippen LogP contribution in [0.2, 0.25) is 0 Å². The molecule has 10 aromatic rings. The Labute approximate surface area is 336 Å². The molecule has 1 aliphatic heterocycles. The SMILES string of the molecule is c1ccc(-c2cccc(-c3ccccc3)c2N2CN(c3cccc(Oc4ccc5c6ccccc6n(-c6nccn6-c6ccccc6)c5c4)c3)c3ccccc32)cc1. The van der Waals surface area contributed by atoms with Crippen molar-refractivity contribution in [3.8, 4) is 45.4 Å². The summed E-state index contributed by atoms with van der Waals surface area (Å²) in [5, 5.41) is 2.30. The Balaban J connectivity index is 0.977. The minimum Gasteiger partial charge on any atom is -0.457 e. The summed E-state index contributed by atoms with van der Waals surface area (Å²) >= 11 is 0. The molecular weight excluding hydrogens is 711 g/mol. The van der Waals surface area contributed by atoms with Crippen LogP contribution < -0.4 is 14.5 Å². The molecule has 0 atom stereocenters. The molecule has 58 heavy (non-hydrogen) atoms. The fourth-order valence-electron chi connectivity index (χ4n) is 8.49. The van der Waals surface area contributed by atoms with E-state index in [1.54, 1.807) is 0 Å². The highest BCUT2D eigenvalue weighted by molar-refractivity contribution is 6.09. The lowest BCUT2D eigenvalue weighted by atomic mass is 9.95. The zero-order valence-corrected chi connectivity index (χ0v) is 31.6. The molecule has 1 aliphatic rings. The minimum absolute atomic E-state index is 0.632. The molecule has 11 rings (SSSR count). The zero-order valence-electron chi connectivity index (χ0n) is 31.6. The van der Waals surface area contributed by atoms with Crippen molar-refractivity contribution >= 4 is 44.6 Å². The molecule has 0 N–H and O–H groups in total. The fraction of sp³-hybridized carbons (Fsp3) is 0.0192. The van der Waals surface area contributed by atoms with Crippen LogP contribution in [0.1, 0.15) is 0 Å². The second kappa shape index (κ2) is 14.0. The Kier molecular flexibility index (Phi) is 8.11. The van der Waals surface area contributed by atoms with E-state index in [4.69, 9.17) is 9.72 Å². The lowest BCUT2D eigenvalue weighted by Gasteiger charge is -2.27. The van der Waals surface area contributed by atoms with Gasteiger partial charge in [0.15, 0.2) is 0 Å². The highest BCUT2D eigenvalue weighted by Gasteiger charge is 2.31. The van der Waals surface area contributed by atoms with Crippen LogP contribution in [0.5, 0.6) is 11.5 Å². The number of imidazole rings is 1. The summed E-state index contributed by atoms with van der Waals surface area (Å²) in [6.07, 6.45) is 3.87. The van der Waals surface area contributed by atoms with Gasteiger partial charge in [0.05, 0.1) is 28.1 Å². The summed E-state index contributed by atoms with van der Waals surface area (Å²) in [6, 6.07) is 70.3. The van der Waals surface area contributed by atoms with Gasteiger partial charge in [0, 0.05) is 57.8 Å². The third kappa shape index (κ3) is 5.70. The molecule has 276 valence electrons. The lowest BCUT2D eigenvalue weighted by Crippen LogP contribution is -2.24. The number of aromatic nitrogens is 3. The number of anilines is 4. The number of hydrogen-bond acceptors (Lipinski definition) is 4. The molecule has 3 heterocycles. The number of ether oxygens (including phenoxy) is 1. The Hall–Kier alpha value is -7.83. The van der Waals surface area contributed by atoms with Gasteiger partial charge in [-0.05, 0) is 65.7 Å². The Morgan fingerprint density at radius 1 is 0.448 bits per heavy atom. The van der Waals surface area contributed by atoms with Crippen molar-refractivity contribution in [3.63, 3.8) is 0 Å². The normalized spacial score (nSPS) is 12.3. The van der Waals surface area contributed by atoms with Crippen LogP contribution in [0.25, 0.3) is 55.7 Å². The van der Waals surface area contributed by atoms with E-state index in [1.807, 2.05) is 24.5 Å². The minimum atomic E-state index is 0.632. The summed E-state index contributed by atoms with van der Waals surface area (Å²) < 4.78 is 11.1. The van der Waals surface area contributed by atoms with Crippen LogP contribution in [-0.2, 0) is 0 Å². The lowest BCUT2D eigenvalue weighted by molar-refractivity contribution is 0.483. The smallest absolute Gasteiger partial charge is 0.219 e. The van der Waals surface area contributed by atoms with Gasteiger partial charge in [0.25, 0.3) is 0 Å². The van der Waals surface area contributed by atoms with E-state index in [1.165, 1.54) is 27.9 Å². The number of nitrogens with zero attached hydrogens (tertiary/aromatic N) is 5. The number of rotatable bonds is 8. The highest BCUT2D eigenvalue weighted by Crippen LogP contribution is 2.50.